The Hall–Kier alpha value is -2.13. The molecule has 1 N–H and O–H groups in total. The molecule has 0 spiro atoms. The fourth-order valence-electron chi connectivity index (χ4n) is 4.37. The molecule has 3 heteroatoms. The van der Waals surface area contributed by atoms with Crippen LogP contribution in [-0.2, 0) is 0 Å². The number of hydrogen-bond donors (Lipinski definition) is 1. The number of carbonyl (C=O) groups excluding carboxylic acids is 1. The zero-order valence-corrected chi connectivity index (χ0v) is 13.7. The minimum atomic E-state index is -0.468. The fraction of sp³-hybridized carbons (Fsp3) is 0.381. The second-order valence-corrected chi connectivity index (χ2v) is 7.06. The number of Topliss-reactive ketones (excluding diaryl/α,β-unsaturated/α-hetero) is 1. The summed E-state index contributed by atoms with van der Waals surface area (Å²) in [6.45, 7) is -0.468. The van der Waals surface area contributed by atoms with Crippen molar-refractivity contribution in [2.24, 2.45) is 11.8 Å². The minimum absolute atomic E-state index is 0.281. The van der Waals surface area contributed by atoms with Crippen molar-refractivity contribution in [1.82, 2.24) is 0 Å². The van der Waals surface area contributed by atoms with E-state index in [-0.39, 0.29) is 5.78 Å². The second-order valence-electron chi connectivity index (χ2n) is 7.06. The van der Waals surface area contributed by atoms with Gasteiger partial charge in [-0.3, -0.25) is 4.79 Å². The first kappa shape index (κ1) is 15.4. The summed E-state index contributed by atoms with van der Waals surface area (Å²) in [5.41, 5.74) is 1.94. The molecule has 0 aliphatic heterocycles. The summed E-state index contributed by atoms with van der Waals surface area (Å²) < 4.78 is 5.85. The maximum absolute atomic E-state index is 11.4. The Morgan fingerprint density at radius 1 is 0.958 bits per heavy atom. The average Bonchev–Trinajstić information content (AvgIpc) is 3.26. The summed E-state index contributed by atoms with van der Waals surface area (Å²) in [6, 6.07) is 15.3. The normalized spacial score (nSPS) is 25.0. The molecule has 2 aromatic rings. The number of aliphatic hydroxyl groups excluding tert-OH is 1. The van der Waals surface area contributed by atoms with Gasteiger partial charge in [0, 0.05) is 5.56 Å². The molecule has 24 heavy (non-hydrogen) atoms. The number of fused-ring (bicyclic) bond motifs is 2. The van der Waals surface area contributed by atoms with Crippen LogP contribution in [0.4, 0.5) is 0 Å². The molecular formula is C21H22O3. The molecular weight excluding hydrogens is 300 g/mol. The molecule has 0 radical (unpaired) electrons. The van der Waals surface area contributed by atoms with Gasteiger partial charge in [0.1, 0.15) is 18.1 Å². The maximum Gasteiger partial charge on any atom is 0.188 e. The van der Waals surface area contributed by atoms with Crippen molar-refractivity contribution in [3.8, 4) is 11.5 Å². The number of ether oxygens (including phenoxy) is 1. The molecule has 124 valence electrons. The van der Waals surface area contributed by atoms with Crippen LogP contribution < -0.4 is 4.74 Å². The van der Waals surface area contributed by atoms with Gasteiger partial charge in [-0.05, 0) is 79.0 Å². The molecule has 2 saturated carbocycles. The van der Waals surface area contributed by atoms with Crippen LogP contribution in [0.5, 0.6) is 11.5 Å². The van der Waals surface area contributed by atoms with Gasteiger partial charge < -0.3 is 9.84 Å². The Bertz CT molecular complexity index is 718. The molecule has 2 fully saturated rings. The van der Waals surface area contributed by atoms with Crippen molar-refractivity contribution in [1.29, 1.82) is 0 Å². The van der Waals surface area contributed by atoms with Gasteiger partial charge in [-0.2, -0.15) is 0 Å². The zero-order valence-electron chi connectivity index (χ0n) is 13.7. The quantitative estimate of drug-likeness (QED) is 0.821. The molecule has 2 aliphatic rings. The lowest BCUT2D eigenvalue weighted by Gasteiger charge is -2.22. The number of ketones is 1. The van der Waals surface area contributed by atoms with Gasteiger partial charge in [-0.1, -0.05) is 18.6 Å². The van der Waals surface area contributed by atoms with Crippen LogP contribution in [-0.4, -0.2) is 17.5 Å². The highest BCUT2D eigenvalue weighted by atomic mass is 16.5. The number of hydrogen-bond acceptors (Lipinski definition) is 3. The van der Waals surface area contributed by atoms with E-state index < -0.39 is 6.61 Å². The third-order valence-corrected chi connectivity index (χ3v) is 5.60. The minimum Gasteiger partial charge on any atom is -0.457 e. The van der Waals surface area contributed by atoms with E-state index in [0.717, 1.165) is 23.5 Å². The van der Waals surface area contributed by atoms with Crippen molar-refractivity contribution in [2.45, 2.75) is 31.6 Å². The van der Waals surface area contributed by atoms with Crippen molar-refractivity contribution in [2.75, 3.05) is 6.61 Å². The van der Waals surface area contributed by atoms with Crippen LogP contribution in [0.25, 0.3) is 0 Å². The average molecular weight is 322 g/mol. The first-order valence-corrected chi connectivity index (χ1v) is 8.75. The van der Waals surface area contributed by atoms with Gasteiger partial charge in [0.05, 0.1) is 0 Å². The largest absolute Gasteiger partial charge is 0.457 e. The van der Waals surface area contributed by atoms with E-state index >= 15 is 0 Å². The molecule has 3 unspecified atom stereocenters. The van der Waals surface area contributed by atoms with Gasteiger partial charge in [-0.15, -0.1) is 0 Å². The predicted octanol–water partition coefficient (Wildman–Crippen LogP) is 4.56. The molecule has 0 heterocycles. The third kappa shape index (κ3) is 2.96. The topological polar surface area (TPSA) is 46.5 Å². The Kier molecular flexibility index (Phi) is 4.11. The van der Waals surface area contributed by atoms with E-state index in [1.165, 1.54) is 31.2 Å². The summed E-state index contributed by atoms with van der Waals surface area (Å²) in [5.74, 6) is 3.80. The summed E-state index contributed by atoms with van der Waals surface area (Å²) in [7, 11) is 0. The van der Waals surface area contributed by atoms with Gasteiger partial charge in [0.15, 0.2) is 5.78 Å². The lowest BCUT2D eigenvalue weighted by molar-refractivity contribution is 0.0903. The molecule has 3 nitrogen and oxygen atoms in total. The van der Waals surface area contributed by atoms with Crippen LogP contribution in [0.3, 0.4) is 0 Å². The maximum atomic E-state index is 11.4. The summed E-state index contributed by atoms with van der Waals surface area (Å²) in [5, 5.41) is 8.87. The number of aliphatic hydroxyl groups is 1. The third-order valence-electron chi connectivity index (χ3n) is 5.60. The first-order chi connectivity index (χ1) is 11.7. The zero-order chi connectivity index (χ0) is 16.5. The second kappa shape index (κ2) is 6.40. The molecule has 4 rings (SSSR count). The molecule has 2 aromatic carbocycles. The Morgan fingerprint density at radius 2 is 1.62 bits per heavy atom. The molecule has 0 aromatic heterocycles. The number of rotatable bonds is 5. The van der Waals surface area contributed by atoms with Gasteiger partial charge in [0.25, 0.3) is 0 Å². The van der Waals surface area contributed by atoms with Crippen molar-refractivity contribution < 1.29 is 14.6 Å². The summed E-state index contributed by atoms with van der Waals surface area (Å²) in [4.78, 5) is 11.4. The lowest BCUT2D eigenvalue weighted by Crippen LogP contribution is -2.08. The monoisotopic (exact) mass is 322 g/mol. The number of benzene rings is 2. The Balaban J connectivity index is 1.43. The van der Waals surface area contributed by atoms with E-state index in [2.05, 4.69) is 12.1 Å². The van der Waals surface area contributed by atoms with Crippen LogP contribution >= 0.6 is 0 Å². The van der Waals surface area contributed by atoms with E-state index in [4.69, 9.17) is 9.84 Å². The number of carbonyl (C=O) groups is 1. The van der Waals surface area contributed by atoms with Crippen molar-refractivity contribution >= 4 is 5.78 Å². The molecule has 2 aliphatic carbocycles. The Labute approximate surface area is 142 Å². The van der Waals surface area contributed by atoms with E-state index in [0.29, 0.717) is 11.3 Å². The van der Waals surface area contributed by atoms with Crippen LogP contribution in [0.1, 0.15) is 47.5 Å². The van der Waals surface area contributed by atoms with Gasteiger partial charge >= 0.3 is 0 Å². The van der Waals surface area contributed by atoms with Crippen molar-refractivity contribution in [3.05, 3.63) is 59.7 Å². The highest BCUT2D eigenvalue weighted by Crippen LogP contribution is 2.52. The molecule has 2 bridgehead atoms. The standard InChI is InChI=1S/C21H22O3/c22-13-21(23)16-5-9-19(10-6-16)24-18-7-3-15(4-8-18)20-12-14-1-2-17(20)11-14/h3-10,14,17,20,22H,1-2,11-13H2. The summed E-state index contributed by atoms with van der Waals surface area (Å²) >= 11 is 0. The van der Waals surface area contributed by atoms with E-state index in [1.807, 2.05) is 12.1 Å². The molecule has 3 atom stereocenters. The Morgan fingerprint density at radius 3 is 2.17 bits per heavy atom. The smallest absolute Gasteiger partial charge is 0.188 e. The molecule has 0 amide bonds. The SMILES string of the molecule is O=C(CO)c1ccc(Oc2ccc(C3CC4CCC3C4)cc2)cc1. The van der Waals surface area contributed by atoms with Gasteiger partial charge in [0.2, 0.25) is 0 Å². The highest BCUT2D eigenvalue weighted by molar-refractivity contribution is 5.96. The highest BCUT2D eigenvalue weighted by Gasteiger charge is 2.39. The van der Waals surface area contributed by atoms with E-state index in [1.54, 1.807) is 24.3 Å². The van der Waals surface area contributed by atoms with Gasteiger partial charge in [-0.25, -0.2) is 0 Å². The first-order valence-electron chi connectivity index (χ1n) is 8.75. The van der Waals surface area contributed by atoms with E-state index in [9.17, 15) is 4.79 Å². The predicted molar refractivity (Wildman–Crippen MR) is 92.6 cm³/mol. The molecule has 0 saturated heterocycles. The fourth-order valence-corrected chi connectivity index (χ4v) is 4.37. The summed E-state index contributed by atoms with van der Waals surface area (Å²) in [6.07, 6.45) is 5.59. The van der Waals surface area contributed by atoms with Crippen LogP contribution in [0.15, 0.2) is 48.5 Å². The van der Waals surface area contributed by atoms with Crippen LogP contribution in [0, 0.1) is 11.8 Å². The van der Waals surface area contributed by atoms with Crippen molar-refractivity contribution in [3.63, 3.8) is 0 Å². The lowest BCUT2D eigenvalue weighted by atomic mass is 9.83. The van der Waals surface area contributed by atoms with Crippen LogP contribution in [0.2, 0.25) is 0 Å².